The number of hydrogen-bond donors (Lipinski definition) is 1. The number of hydrogen-bond acceptors (Lipinski definition) is 5. The summed E-state index contributed by atoms with van der Waals surface area (Å²) in [4.78, 5) is 26.3. The van der Waals surface area contributed by atoms with Gasteiger partial charge in [-0.2, -0.15) is 4.31 Å². The summed E-state index contributed by atoms with van der Waals surface area (Å²) < 4.78 is 45.9. The number of fused-ring (bicyclic) bond motifs is 1. The average molecular weight is 447 g/mol. The van der Waals surface area contributed by atoms with Gasteiger partial charge in [-0.15, -0.1) is 0 Å². The van der Waals surface area contributed by atoms with Crippen molar-refractivity contribution in [3.05, 3.63) is 47.8 Å². The van der Waals surface area contributed by atoms with Crippen molar-refractivity contribution in [1.82, 2.24) is 4.31 Å². The molecule has 1 saturated heterocycles. The molecule has 31 heavy (non-hydrogen) atoms. The maximum atomic E-state index is 13.3. The van der Waals surface area contributed by atoms with Crippen LogP contribution in [0.25, 0.3) is 0 Å². The first-order valence-corrected chi connectivity index (χ1v) is 11.3. The Labute approximate surface area is 179 Å². The number of aryl methyl sites for hydroxylation is 1. The number of benzene rings is 2. The third-order valence-electron chi connectivity index (χ3n) is 5.34. The van der Waals surface area contributed by atoms with Gasteiger partial charge in [-0.1, -0.05) is 0 Å². The Hall–Kier alpha value is -2.98. The lowest BCUT2D eigenvalue weighted by Gasteiger charge is -2.29. The van der Waals surface area contributed by atoms with Gasteiger partial charge in [0, 0.05) is 18.8 Å². The van der Waals surface area contributed by atoms with Crippen LogP contribution < -0.4 is 15.0 Å². The van der Waals surface area contributed by atoms with Crippen LogP contribution in [-0.4, -0.2) is 50.8 Å². The summed E-state index contributed by atoms with van der Waals surface area (Å²) in [7, 11) is -3.70. The van der Waals surface area contributed by atoms with Gasteiger partial charge < -0.3 is 10.1 Å². The van der Waals surface area contributed by atoms with E-state index in [9.17, 15) is 22.4 Å². The molecule has 1 fully saturated rings. The van der Waals surface area contributed by atoms with Crippen molar-refractivity contribution in [2.24, 2.45) is 0 Å². The second-order valence-electron chi connectivity index (χ2n) is 7.52. The molecule has 8 nitrogen and oxygen atoms in total. The maximum Gasteiger partial charge on any atom is 0.265 e. The van der Waals surface area contributed by atoms with Gasteiger partial charge in [-0.05, 0) is 61.7 Å². The summed E-state index contributed by atoms with van der Waals surface area (Å²) >= 11 is 0. The largest absolute Gasteiger partial charge is 0.482 e. The number of nitrogens with zero attached hydrogens (tertiary/aromatic N) is 2. The number of nitrogens with one attached hydrogen (secondary N) is 1. The number of amides is 2. The minimum absolute atomic E-state index is 0.0474. The lowest BCUT2D eigenvalue weighted by molar-refractivity contribution is -0.123. The van der Waals surface area contributed by atoms with E-state index in [2.05, 4.69) is 5.32 Å². The number of halogens is 1. The van der Waals surface area contributed by atoms with Crippen LogP contribution >= 0.6 is 0 Å². The minimum Gasteiger partial charge on any atom is -0.482 e. The van der Waals surface area contributed by atoms with E-state index in [4.69, 9.17) is 4.74 Å². The predicted octanol–water partition coefficient (Wildman–Crippen LogP) is 2.28. The number of carbonyl (C=O) groups excluding carboxylic acids is 2. The van der Waals surface area contributed by atoms with Crippen LogP contribution in [-0.2, 0) is 19.6 Å². The van der Waals surface area contributed by atoms with E-state index in [1.165, 1.54) is 45.6 Å². The molecule has 2 heterocycles. The lowest BCUT2D eigenvalue weighted by atomic mass is 10.2. The summed E-state index contributed by atoms with van der Waals surface area (Å²) in [5.74, 6) is -1.05. The van der Waals surface area contributed by atoms with E-state index in [0.29, 0.717) is 30.1 Å². The van der Waals surface area contributed by atoms with Gasteiger partial charge in [0.15, 0.2) is 6.61 Å². The van der Waals surface area contributed by atoms with E-state index in [0.717, 1.165) is 12.8 Å². The maximum absolute atomic E-state index is 13.3. The zero-order valence-electron chi connectivity index (χ0n) is 16.9. The van der Waals surface area contributed by atoms with Crippen LogP contribution in [0.15, 0.2) is 41.3 Å². The average Bonchev–Trinajstić information content (AvgIpc) is 3.28. The molecule has 0 spiro atoms. The number of carbonyl (C=O) groups is 2. The standard InChI is InChI=1S/C21H22FN3O5S/c1-14-10-15(22)4-6-17(14)23-20(26)12-25-18-11-16(5-7-19(18)30-13-21(25)27)31(28,29)24-8-2-3-9-24/h4-7,10-11H,2-3,8-9,12-13H2,1H3,(H,23,26). The molecule has 2 aliphatic rings. The third-order valence-corrected chi connectivity index (χ3v) is 7.24. The van der Waals surface area contributed by atoms with Gasteiger partial charge >= 0.3 is 0 Å². The monoisotopic (exact) mass is 447 g/mol. The van der Waals surface area contributed by atoms with E-state index >= 15 is 0 Å². The molecule has 0 aromatic heterocycles. The highest BCUT2D eigenvalue weighted by Gasteiger charge is 2.32. The first-order chi connectivity index (χ1) is 14.8. The van der Waals surface area contributed by atoms with Gasteiger partial charge in [-0.25, -0.2) is 12.8 Å². The van der Waals surface area contributed by atoms with Crippen LogP contribution in [0.2, 0.25) is 0 Å². The summed E-state index contributed by atoms with van der Waals surface area (Å²) in [6.45, 7) is 1.98. The highest BCUT2D eigenvalue weighted by molar-refractivity contribution is 7.89. The highest BCUT2D eigenvalue weighted by atomic mass is 32.2. The van der Waals surface area contributed by atoms with Crippen LogP contribution in [0, 0.1) is 12.7 Å². The quantitative estimate of drug-likeness (QED) is 0.759. The van der Waals surface area contributed by atoms with Gasteiger partial charge in [0.2, 0.25) is 15.9 Å². The van der Waals surface area contributed by atoms with Crippen molar-refractivity contribution in [2.45, 2.75) is 24.7 Å². The van der Waals surface area contributed by atoms with Gasteiger partial charge in [-0.3, -0.25) is 14.5 Å². The second kappa shape index (κ2) is 8.27. The van der Waals surface area contributed by atoms with Crippen molar-refractivity contribution in [3.8, 4) is 5.75 Å². The van der Waals surface area contributed by atoms with Gasteiger partial charge in [0.1, 0.15) is 18.1 Å². The molecule has 0 aliphatic carbocycles. The molecule has 2 aromatic carbocycles. The Morgan fingerprint density at radius 2 is 1.90 bits per heavy atom. The molecule has 0 radical (unpaired) electrons. The second-order valence-corrected chi connectivity index (χ2v) is 9.45. The first-order valence-electron chi connectivity index (χ1n) is 9.89. The Bertz CT molecular complexity index is 1150. The fourth-order valence-corrected chi connectivity index (χ4v) is 5.23. The molecule has 1 N–H and O–H groups in total. The number of sulfonamides is 1. The van der Waals surface area contributed by atoms with Crippen molar-refractivity contribution < 1.29 is 27.1 Å². The molecule has 4 rings (SSSR count). The van der Waals surface area contributed by atoms with E-state index in [-0.39, 0.29) is 23.7 Å². The van der Waals surface area contributed by atoms with Crippen molar-refractivity contribution in [3.63, 3.8) is 0 Å². The van der Waals surface area contributed by atoms with Crippen molar-refractivity contribution >= 4 is 33.2 Å². The Balaban J connectivity index is 1.59. The topological polar surface area (TPSA) is 96.0 Å². The van der Waals surface area contributed by atoms with E-state index in [1.807, 2.05) is 0 Å². The van der Waals surface area contributed by atoms with Crippen molar-refractivity contribution in [2.75, 3.05) is 36.5 Å². The molecule has 2 aromatic rings. The molecule has 2 aliphatic heterocycles. The number of anilines is 2. The van der Waals surface area contributed by atoms with Crippen LogP contribution in [0.1, 0.15) is 18.4 Å². The van der Waals surface area contributed by atoms with Crippen LogP contribution in [0.3, 0.4) is 0 Å². The molecule has 10 heteroatoms. The Morgan fingerprint density at radius 3 is 2.61 bits per heavy atom. The lowest BCUT2D eigenvalue weighted by Crippen LogP contribution is -2.43. The summed E-state index contributed by atoms with van der Waals surface area (Å²) in [6.07, 6.45) is 1.61. The normalized spacial score (nSPS) is 16.7. The number of ether oxygens (including phenoxy) is 1. The van der Waals surface area contributed by atoms with Crippen molar-refractivity contribution in [1.29, 1.82) is 0 Å². The summed E-state index contributed by atoms with van der Waals surface area (Å²) in [5.41, 5.74) is 1.20. The minimum atomic E-state index is -3.70. The summed E-state index contributed by atoms with van der Waals surface area (Å²) in [6, 6.07) is 8.28. The fourth-order valence-electron chi connectivity index (χ4n) is 3.69. The molecular weight excluding hydrogens is 425 g/mol. The molecular formula is C21H22FN3O5S. The molecule has 0 atom stereocenters. The van der Waals surface area contributed by atoms with Gasteiger partial charge in [0.25, 0.3) is 5.91 Å². The molecule has 0 unspecified atom stereocenters. The van der Waals surface area contributed by atoms with E-state index < -0.39 is 27.7 Å². The Kier molecular flexibility index (Phi) is 5.67. The molecule has 2 amide bonds. The smallest absolute Gasteiger partial charge is 0.265 e. The predicted molar refractivity (Wildman–Crippen MR) is 112 cm³/mol. The van der Waals surface area contributed by atoms with E-state index in [1.54, 1.807) is 6.92 Å². The molecule has 164 valence electrons. The first kappa shape index (κ1) is 21.3. The zero-order chi connectivity index (χ0) is 22.2. The molecule has 0 bridgehead atoms. The zero-order valence-corrected chi connectivity index (χ0v) is 17.7. The van der Waals surface area contributed by atoms with Crippen LogP contribution in [0.4, 0.5) is 15.8 Å². The third kappa shape index (κ3) is 4.26. The SMILES string of the molecule is Cc1cc(F)ccc1NC(=O)CN1C(=O)COc2ccc(S(=O)(=O)N3CCCC3)cc21. The number of rotatable bonds is 5. The highest BCUT2D eigenvalue weighted by Crippen LogP contribution is 2.35. The van der Waals surface area contributed by atoms with Gasteiger partial charge in [0.05, 0.1) is 10.6 Å². The Morgan fingerprint density at radius 1 is 1.16 bits per heavy atom. The molecule has 0 saturated carbocycles. The fraction of sp³-hybridized carbons (Fsp3) is 0.333. The summed E-state index contributed by atoms with van der Waals surface area (Å²) in [5, 5.41) is 2.66. The van der Waals surface area contributed by atoms with Crippen LogP contribution in [0.5, 0.6) is 5.75 Å².